The summed E-state index contributed by atoms with van der Waals surface area (Å²) in [6.45, 7) is 1.77. The summed E-state index contributed by atoms with van der Waals surface area (Å²) in [6.07, 6.45) is -0.338. The second-order valence-corrected chi connectivity index (χ2v) is 5.33. The maximum atomic E-state index is 9.21. The largest absolute Gasteiger partial charge is 0.391 e. The molecule has 1 N–H and O–H groups in total. The van der Waals surface area contributed by atoms with Crippen LogP contribution in [0.25, 0.3) is 0 Å². The van der Waals surface area contributed by atoms with Crippen molar-refractivity contribution in [3.63, 3.8) is 0 Å². The van der Waals surface area contributed by atoms with Crippen LogP contribution < -0.4 is 0 Å². The summed E-state index contributed by atoms with van der Waals surface area (Å²) >= 11 is 5.01. The Kier molecular flexibility index (Phi) is 4.12. The van der Waals surface area contributed by atoms with Crippen molar-refractivity contribution < 1.29 is 5.11 Å². The van der Waals surface area contributed by atoms with E-state index in [1.807, 2.05) is 30.3 Å². The van der Waals surface area contributed by atoms with Crippen LogP contribution in [-0.4, -0.2) is 15.4 Å². The second kappa shape index (κ2) is 4.90. The van der Waals surface area contributed by atoms with Crippen molar-refractivity contribution in [2.45, 2.75) is 22.1 Å². The highest BCUT2D eigenvalue weighted by molar-refractivity contribution is 9.11. The van der Waals surface area contributed by atoms with Gasteiger partial charge in [-0.05, 0) is 19.1 Å². The monoisotopic (exact) mass is 246 g/mol. The zero-order valence-electron chi connectivity index (χ0n) is 6.77. The van der Waals surface area contributed by atoms with Gasteiger partial charge in [0.2, 0.25) is 0 Å². The highest BCUT2D eigenvalue weighted by atomic mass is 79.9. The lowest BCUT2D eigenvalue weighted by Gasteiger charge is -2.11. The first-order chi connectivity index (χ1) is 5.70. The van der Waals surface area contributed by atoms with E-state index in [-0.39, 0.29) is 10.3 Å². The van der Waals surface area contributed by atoms with E-state index in [0.717, 1.165) is 0 Å². The van der Waals surface area contributed by atoms with Crippen LogP contribution in [0.2, 0.25) is 0 Å². The summed E-state index contributed by atoms with van der Waals surface area (Å²) in [4.78, 5) is 1.17. The van der Waals surface area contributed by atoms with Gasteiger partial charge >= 0.3 is 0 Å². The van der Waals surface area contributed by atoms with Gasteiger partial charge in [-0.15, -0.1) is 11.8 Å². The Morgan fingerprint density at radius 1 is 1.33 bits per heavy atom. The van der Waals surface area contributed by atoms with Crippen molar-refractivity contribution in [3.8, 4) is 0 Å². The predicted molar refractivity (Wildman–Crippen MR) is 56.7 cm³/mol. The molecule has 2 unspecified atom stereocenters. The molecule has 0 aliphatic heterocycles. The molecule has 66 valence electrons. The Morgan fingerprint density at radius 2 is 1.92 bits per heavy atom. The standard InChI is InChI=1S/C9H11BrOS/c1-7(11)9(10)12-8-5-3-2-4-6-8/h2-7,9,11H,1H3. The average molecular weight is 247 g/mol. The van der Waals surface area contributed by atoms with Gasteiger partial charge in [-0.3, -0.25) is 0 Å². The molecule has 0 spiro atoms. The van der Waals surface area contributed by atoms with E-state index >= 15 is 0 Å². The topological polar surface area (TPSA) is 20.2 Å². The molecule has 0 fully saturated rings. The summed E-state index contributed by atoms with van der Waals surface area (Å²) in [5.41, 5.74) is 0. The fourth-order valence-corrected chi connectivity index (χ4v) is 2.15. The third-order valence-corrected chi connectivity index (χ3v) is 3.86. The minimum Gasteiger partial charge on any atom is -0.391 e. The summed E-state index contributed by atoms with van der Waals surface area (Å²) in [6, 6.07) is 10.0. The SMILES string of the molecule is CC(O)C(Br)Sc1ccccc1. The van der Waals surface area contributed by atoms with E-state index in [0.29, 0.717) is 0 Å². The number of rotatable bonds is 3. The minimum absolute atomic E-state index is 0.0694. The fourth-order valence-electron chi connectivity index (χ4n) is 0.728. The number of benzene rings is 1. The Bertz CT molecular complexity index is 225. The summed E-state index contributed by atoms with van der Waals surface area (Å²) in [7, 11) is 0. The van der Waals surface area contributed by atoms with Crippen LogP contribution in [0.15, 0.2) is 35.2 Å². The molecule has 0 saturated carbocycles. The van der Waals surface area contributed by atoms with Gasteiger partial charge in [0.15, 0.2) is 0 Å². The first-order valence-electron chi connectivity index (χ1n) is 3.74. The molecular formula is C9H11BrOS. The van der Waals surface area contributed by atoms with Crippen LogP contribution in [0.4, 0.5) is 0 Å². The number of thioether (sulfide) groups is 1. The molecule has 1 rings (SSSR count). The van der Waals surface area contributed by atoms with Crippen molar-refractivity contribution in [1.82, 2.24) is 0 Å². The molecule has 1 aromatic carbocycles. The third kappa shape index (κ3) is 3.17. The lowest BCUT2D eigenvalue weighted by atomic mass is 10.4. The molecule has 1 nitrogen and oxygen atoms in total. The van der Waals surface area contributed by atoms with Crippen molar-refractivity contribution in [2.24, 2.45) is 0 Å². The molecule has 0 radical (unpaired) electrons. The number of hydrogen-bond acceptors (Lipinski definition) is 2. The van der Waals surface area contributed by atoms with Crippen LogP contribution in [-0.2, 0) is 0 Å². The molecule has 0 aromatic heterocycles. The van der Waals surface area contributed by atoms with Crippen molar-refractivity contribution in [1.29, 1.82) is 0 Å². The van der Waals surface area contributed by atoms with Crippen molar-refractivity contribution >= 4 is 27.7 Å². The lowest BCUT2D eigenvalue weighted by Crippen LogP contribution is -2.11. The van der Waals surface area contributed by atoms with Gasteiger partial charge in [0.25, 0.3) is 0 Å². The highest BCUT2D eigenvalue weighted by Gasteiger charge is 2.11. The van der Waals surface area contributed by atoms with Gasteiger partial charge in [-0.25, -0.2) is 0 Å². The molecule has 0 bridgehead atoms. The van der Waals surface area contributed by atoms with Gasteiger partial charge in [-0.2, -0.15) is 0 Å². The van der Waals surface area contributed by atoms with E-state index in [2.05, 4.69) is 15.9 Å². The van der Waals surface area contributed by atoms with E-state index in [9.17, 15) is 5.11 Å². The van der Waals surface area contributed by atoms with Gasteiger partial charge in [0.1, 0.15) is 0 Å². The van der Waals surface area contributed by atoms with Gasteiger partial charge in [0, 0.05) is 4.90 Å². The molecular weight excluding hydrogens is 236 g/mol. The highest BCUT2D eigenvalue weighted by Crippen LogP contribution is 2.28. The lowest BCUT2D eigenvalue weighted by molar-refractivity contribution is 0.214. The van der Waals surface area contributed by atoms with Crippen LogP contribution in [0.5, 0.6) is 0 Å². The quantitative estimate of drug-likeness (QED) is 0.654. The van der Waals surface area contributed by atoms with E-state index in [1.54, 1.807) is 18.7 Å². The van der Waals surface area contributed by atoms with Gasteiger partial charge in [0.05, 0.1) is 10.3 Å². The first-order valence-corrected chi connectivity index (χ1v) is 5.53. The Balaban J connectivity index is 2.53. The molecule has 2 atom stereocenters. The fraction of sp³-hybridized carbons (Fsp3) is 0.333. The molecule has 1 aromatic rings. The average Bonchev–Trinajstić information content (AvgIpc) is 2.06. The molecule has 0 amide bonds. The van der Waals surface area contributed by atoms with Crippen LogP contribution >= 0.6 is 27.7 Å². The predicted octanol–water partition coefficient (Wildman–Crippen LogP) is 2.88. The zero-order chi connectivity index (χ0) is 8.97. The number of aliphatic hydroxyl groups is 1. The maximum Gasteiger partial charge on any atom is 0.0902 e. The Morgan fingerprint density at radius 3 is 2.42 bits per heavy atom. The third-order valence-electron chi connectivity index (χ3n) is 1.37. The summed E-state index contributed by atoms with van der Waals surface area (Å²) in [5.74, 6) is 0. The molecule has 0 saturated heterocycles. The van der Waals surface area contributed by atoms with Crippen LogP contribution in [0.1, 0.15) is 6.92 Å². The zero-order valence-corrected chi connectivity index (χ0v) is 9.18. The van der Waals surface area contributed by atoms with Crippen LogP contribution in [0, 0.1) is 0 Å². The van der Waals surface area contributed by atoms with E-state index in [4.69, 9.17) is 0 Å². The van der Waals surface area contributed by atoms with Crippen LogP contribution in [0.3, 0.4) is 0 Å². The van der Waals surface area contributed by atoms with E-state index < -0.39 is 0 Å². The van der Waals surface area contributed by atoms with Gasteiger partial charge < -0.3 is 5.11 Å². The maximum absolute atomic E-state index is 9.21. The van der Waals surface area contributed by atoms with Crippen molar-refractivity contribution in [2.75, 3.05) is 0 Å². The number of hydrogen-bond donors (Lipinski definition) is 1. The Labute approximate surface area is 85.3 Å². The first kappa shape index (κ1) is 10.1. The number of halogens is 1. The normalized spacial score (nSPS) is 15.6. The summed E-state index contributed by atoms with van der Waals surface area (Å²) in [5, 5.41) is 9.21. The summed E-state index contributed by atoms with van der Waals surface area (Å²) < 4.78 is 0.0694. The van der Waals surface area contributed by atoms with Crippen molar-refractivity contribution in [3.05, 3.63) is 30.3 Å². The number of alkyl halides is 1. The molecule has 12 heavy (non-hydrogen) atoms. The second-order valence-electron chi connectivity index (χ2n) is 2.52. The molecule has 0 aliphatic rings. The molecule has 0 heterocycles. The smallest absolute Gasteiger partial charge is 0.0902 e. The van der Waals surface area contributed by atoms with Gasteiger partial charge in [-0.1, -0.05) is 34.1 Å². The Hall–Kier alpha value is 0.0100. The number of aliphatic hydroxyl groups excluding tert-OH is 1. The molecule has 0 aliphatic carbocycles. The molecule has 3 heteroatoms. The minimum atomic E-state index is -0.338. The van der Waals surface area contributed by atoms with E-state index in [1.165, 1.54) is 4.90 Å².